The van der Waals surface area contributed by atoms with E-state index in [1.807, 2.05) is 26.8 Å². The van der Waals surface area contributed by atoms with Gasteiger partial charge in [-0.15, -0.1) is 0 Å². The molecule has 0 aromatic carbocycles. The maximum absolute atomic E-state index is 13.6. The van der Waals surface area contributed by atoms with E-state index in [0.29, 0.717) is 35.8 Å². The van der Waals surface area contributed by atoms with Crippen LogP contribution in [-0.4, -0.2) is 51.9 Å². The van der Waals surface area contributed by atoms with Gasteiger partial charge in [0.25, 0.3) is 11.5 Å². The number of aryl methyl sites for hydroxylation is 2. The van der Waals surface area contributed by atoms with Crippen molar-refractivity contribution < 1.29 is 28.5 Å². The number of hydrogen-bond acceptors (Lipinski definition) is 8. The van der Waals surface area contributed by atoms with Crippen molar-refractivity contribution in [2.45, 2.75) is 53.2 Å². The first-order valence-electron chi connectivity index (χ1n) is 13.5. The lowest BCUT2D eigenvalue weighted by atomic mass is 10.2. The number of hydrogen-bond donors (Lipinski definition) is 0. The Labute approximate surface area is 237 Å². The minimum atomic E-state index is -0.705. The lowest BCUT2D eigenvalue weighted by molar-refractivity contribution is -0.117. The first-order chi connectivity index (χ1) is 19.7. The number of aromatic nitrogens is 3. The summed E-state index contributed by atoms with van der Waals surface area (Å²) in [5.74, 6) is -0.397. The Morgan fingerprint density at radius 3 is 2.76 bits per heavy atom. The topological polar surface area (TPSA) is 123 Å². The SMILES string of the molecule is C=C/C=C1\OCO\C1=C/CC(=O)N=c1c(C(=O)OCC)cc2c(=O)n3cccc(C)c3nc2n1CCCOC(C)C. The van der Waals surface area contributed by atoms with Gasteiger partial charge in [-0.25, -0.2) is 9.78 Å². The molecule has 1 aliphatic heterocycles. The van der Waals surface area contributed by atoms with E-state index >= 15 is 0 Å². The maximum Gasteiger partial charge on any atom is 0.341 e. The molecule has 0 atom stereocenters. The third-order valence-corrected chi connectivity index (χ3v) is 6.21. The van der Waals surface area contributed by atoms with Gasteiger partial charge in [-0.05, 0) is 64.0 Å². The predicted octanol–water partition coefficient (Wildman–Crippen LogP) is 3.72. The molecular weight excluding hydrogens is 528 g/mol. The van der Waals surface area contributed by atoms with Crippen LogP contribution in [0.25, 0.3) is 16.7 Å². The van der Waals surface area contributed by atoms with E-state index in [1.54, 1.807) is 42.0 Å². The molecule has 1 amide bonds. The Balaban J connectivity index is 1.93. The quantitative estimate of drug-likeness (QED) is 0.208. The van der Waals surface area contributed by atoms with E-state index in [4.69, 9.17) is 23.9 Å². The number of rotatable bonds is 10. The Morgan fingerprint density at radius 2 is 2.02 bits per heavy atom. The lowest BCUT2D eigenvalue weighted by Gasteiger charge is -2.16. The summed E-state index contributed by atoms with van der Waals surface area (Å²) < 4.78 is 24.9. The lowest BCUT2D eigenvalue weighted by Crippen LogP contribution is -2.33. The number of pyridine rings is 2. The molecule has 0 unspecified atom stereocenters. The molecule has 1 aliphatic rings. The number of esters is 1. The molecular formula is C30H34N4O7. The average Bonchev–Trinajstić information content (AvgIpc) is 3.38. The molecule has 1 fully saturated rings. The van der Waals surface area contributed by atoms with Gasteiger partial charge in [-0.2, -0.15) is 4.99 Å². The summed E-state index contributed by atoms with van der Waals surface area (Å²) in [5, 5.41) is 0.199. The van der Waals surface area contributed by atoms with E-state index in [1.165, 1.54) is 10.5 Å². The second-order valence-corrected chi connectivity index (χ2v) is 9.52. The third kappa shape index (κ3) is 6.63. The van der Waals surface area contributed by atoms with Crippen molar-refractivity contribution in [3.63, 3.8) is 0 Å². The van der Waals surface area contributed by atoms with Gasteiger partial charge >= 0.3 is 5.97 Å². The fraction of sp³-hybridized carbons (Fsp3) is 0.367. The van der Waals surface area contributed by atoms with Gasteiger partial charge < -0.3 is 23.5 Å². The number of carbonyl (C=O) groups excluding carboxylic acids is 2. The molecule has 0 N–H and O–H groups in total. The first-order valence-corrected chi connectivity index (χ1v) is 13.5. The summed E-state index contributed by atoms with van der Waals surface area (Å²) >= 11 is 0. The number of nitrogens with zero attached hydrogens (tertiary/aromatic N) is 4. The normalized spacial score (nSPS) is 15.6. The van der Waals surface area contributed by atoms with E-state index in [0.717, 1.165) is 5.56 Å². The second-order valence-electron chi connectivity index (χ2n) is 9.52. The molecule has 3 aromatic rings. The third-order valence-electron chi connectivity index (χ3n) is 6.21. The molecule has 0 aliphatic carbocycles. The molecule has 4 rings (SSSR count). The average molecular weight is 563 g/mol. The van der Waals surface area contributed by atoms with Crippen LogP contribution >= 0.6 is 0 Å². The monoisotopic (exact) mass is 562 g/mol. The highest BCUT2D eigenvalue weighted by atomic mass is 16.7. The predicted molar refractivity (Wildman–Crippen MR) is 152 cm³/mol. The van der Waals surface area contributed by atoms with Gasteiger partial charge in [0.05, 0.1) is 24.5 Å². The maximum atomic E-state index is 13.6. The minimum absolute atomic E-state index is 0.00988. The number of ether oxygens (including phenoxy) is 4. The van der Waals surface area contributed by atoms with Crippen LogP contribution in [0.3, 0.4) is 0 Å². The zero-order chi connectivity index (χ0) is 29.5. The molecule has 3 aromatic heterocycles. The van der Waals surface area contributed by atoms with Gasteiger partial charge in [0, 0.05) is 19.3 Å². The van der Waals surface area contributed by atoms with Crippen LogP contribution < -0.4 is 11.0 Å². The first kappa shape index (κ1) is 29.5. The molecule has 0 bridgehead atoms. The summed E-state index contributed by atoms with van der Waals surface area (Å²) in [7, 11) is 0. The van der Waals surface area contributed by atoms with Gasteiger partial charge in [0.15, 0.2) is 17.0 Å². The molecule has 0 saturated carbocycles. The molecule has 41 heavy (non-hydrogen) atoms. The molecule has 4 heterocycles. The van der Waals surface area contributed by atoms with Crippen molar-refractivity contribution in [2.75, 3.05) is 20.0 Å². The smallest absolute Gasteiger partial charge is 0.341 e. The van der Waals surface area contributed by atoms with Crippen LogP contribution in [0.4, 0.5) is 0 Å². The van der Waals surface area contributed by atoms with Crippen LogP contribution in [0.2, 0.25) is 0 Å². The van der Waals surface area contributed by atoms with E-state index in [-0.39, 0.29) is 54.5 Å². The zero-order valence-electron chi connectivity index (χ0n) is 23.7. The Bertz CT molecular complexity index is 1680. The number of allylic oxidation sites excluding steroid dienone is 2. The molecule has 11 heteroatoms. The second kappa shape index (κ2) is 13.2. The Morgan fingerprint density at radius 1 is 1.24 bits per heavy atom. The largest absolute Gasteiger partial charge is 0.462 e. The number of amides is 1. The summed E-state index contributed by atoms with van der Waals surface area (Å²) in [6, 6.07) is 5.02. The van der Waals surface area contributed by atoms with Crippen LogP contribution in [-0.2, 0) is 30.3 Å². The zero-order valence-corrected chi connectivity index (χ0v) is 23.7. The van der Waals surface area contributed by atoms with E-state index in [9.17, 15) is 14.4 Å². The van der Waals surface area contributed by atoms with Gasteiger partial charge in [0.2, 0.25) is 6.79 Å². The molecule has 0 spiro atoms. The van der Waals surface area contributed by atoms with Crippen LogP contribution in [0.15, 0.2) is 70.5 Å². The van der Waals surface area contributed by atoms with Crippen molar-refractivity contribution in [1.82, 2.24) is 14.0 Å². The fourth-order valence-electron chi connectivity index (χ4n) is 4.36. The number of fused-ring (bicyclic) bond motifs is 2. The van der Waals surface area contributed by atoms with Crippen molar-refractivity contribution >= 4 is 28.6 Å². The highest BCUT2D eigenvalue weighted by Gasteiger charge is 2.21. The van der Waals surface area contributed by atoms with Crippen molar-refractivity contribution in [2.24, 2.45) is 4.99 Å². The summed E-state index contributed by atoms with van der Waals surface area (Å²) in [6.45, 7) is 11.9. The van der Waals surface area contributed by atoms with Crippen molar-refractivity contribution in [3.8, 4) is 0 Å². The van der Waals surface area contributed by atoms with Gasteiger partial charge in [-0.1, -0.05) is 18.7 Å². The van der Waals surface area contributed by atoms with Gasteiger partial charge in [-0.3, -0.25) is 14.0 Å². The molecule has 11 nitrogen and oxygen atoms in total. The fourth-order valence-corrected chi connectivity index (χ4v) is 4.36. The highest BCUT2D eigenvalue weighted by Crippen LogP contribution is 2.21. The van der Waals surface area contributed by atoms with Crippen molar-refractivity contribution in [1.29, 1.82) is 0 Å². The van der Waals surface area contributed by atoms with Crippen LogP contribution in [0.1, 0.15) is 49.5 Å². The standard InChI is InChI=1S/C30H34N4O7/c1-6-10-23-24(41-18-40-23)12-13-25(35)31-28-22(30(37)38-7-2)17-21-27(33(28)15-9-16-39-19(3)4)32-26-20(5)11-8-14-34(26)29(21)36/h6,8,10-12,14,17,19H,1,7,9,13,15-16,18H2,2-5H3/b23-10-,24-12-,31-28?. The Hall–Kier alpha value is -4.51. The van der Waals surface area contributed by atoms with E-state index in [2.05, 4.69) is 11.6 Å². The van der Waals surface area contributed by atoms with Crippen molar-refractivity contribution in [3.05, 3.63) is 87.7 Å². The minimum Gasteiger partial charge on any atom is -0.462 e. The van der Waals surface area contributed by atoms with E-state index < -0.39 is 11.9 Å². The van der Waals surface area contributed by atoms with Crippen LogP contribution in [0.5, 0.6) is 0 Å². The summed E-state index contributed by atoms with van der Waals surface area (Å²) in [4.78, 5) is 49.1. The molecule has 216 valence electrons. The van der Waals surface area contributed by atoms with Crippen LogP contribution in [0, 0.1) is 6.92 Å². The molecule has 0 radical (unpaired) electrons. The summed E-state index contributed by atoms with van der Waals surface area (Å²) in [5.41, 5.74) is 1.25. The summed E-state index contributed by atoms with van der Waals surface area (Å²) in [6.07, 6.45) is 6.78. The number of carbonyl (C=O) groups is 2. The Kier molecular flexibility index (Phi) is 9.51. The van der Waals surface area contributed by atoms with Gasteiger partial charge in [0.1, 0.15) is 16.9 Å². The highest BCUT2D eigenvalue weighted by molar-refractivity contribution is 5.94. The molecule has 1 saturated heterocycles.